The average Bonchev–Trinajstić information content (AvgIpc) is 3.18. The maximum Gasteiger partial charge on any atom is 0.264 e. The number of nitrogens with zero attached hydrogens (tertiary/aromatic N) is 1. The van der Waals surface area contributed by atoms with Crippen LogP contribution in [0.25, 0.3) is 22.5 Å². The topological polar surface area (TPSA) is 75.3 Å². The Morgan fingerprint density at radius 1 is 0.969 bits per heavy atom. The number of hydrogen-bond acceptors (Lipinski definition) is 4. The third kappa shape index (κ3) is 4.62. The van der Waals surface area contributed by atoms with Gasteiger partial charge in [0, 0.05) is 22.2 Å². The van der Waals surface area contributed by atoms with E-state index in [-0.39, 0.29) is 23.8 Å². The van der Waals surface area contributed by atoms with E-state index < -0.39 is 5.91 Å². The van der Waals surface area contributed by atoms with Crippen LogP contribution in [0, 0.1) is 11.3 Å². The number of amides is 1. The first kappa shape index (κ1) is 21.5. The number of nitriles is 1. The Labute approximate surface area is 194 Å². The first-order valence-corrected chi connectivity index (χ1v) is 10.4. The molecule has 4 rings (SSSR count). The van der Waals surface area contributed by atoms with Gasteiger partial charge in [0.2, 0.25) is 5.88 Å². The molecule has 7 heteroatoms. The van der Waals surface area contributed by atoms with E-state index >= 15 is 0 Å². The summed E-state index contributed by atoms with van der Waals surface area (Å²) in [5, 5.41) is 13.3. The van der Waals surface area contributed by atoms with Gasteiger partial charge in [-0.25, -0.2) is 0 Å². The summed E-state index contributed by atoms with van der Waals surface area (Å²) in [7, 11) is 0. The summed E-state index contributed by atoms with van der Waals surface area (Å²) in [5.41, 5.74) is 2.41. The molecule has 0 aliphatic rings. The maximum absolute atomic E-state index is 12.6. The molecule has 0 radical (unpaired) electrons. The molecule has 0 aliphatic carbocycles. The molecule has 1 amide bonds. The molecule has 0 spiro atoms. The van der Waals surface area contributed by atoms with Crippen molar-refractivity contribution in [3.05, 3.63) is 94.5 Å². The minimum absolute atomic E-state index is 0.0518. The van der Waals surface area contributed by atoms with Crippen LogP contribution in [0.3, 0.4) is 0 Å². The molecule has 0 saturated carbocycles. The number of halogens is 2. The highest BCUT2D eigenvalue weighted by molar-refractivity contribution is 6.34. The van der Waals surface area contributed by atoms with Crippen LogP contribution >= 0.6 is 23.2 Å². The van der Waals surface area contributed by atoms with Crippen LogP contribution in [-0.2, 0) is 4.79 Å². The van der Waals surface area contributed by atoms with Gasteiger partial charge in [-0.05, 0) is 17.7 Å². The first-order valence-electron chi connectivity index (χ1n) is 9.62. The van der Waals surface area contributed by atoms with Gasteiger partial charge in [0.1, 0.15) is 23.1 Å². The predicted molar refractivity (Wildman–Crippen MR) is 125 cm³/mol. The quantitative estimate of drug-likeness (QED) is 0.341. The molecular formula is C25H16Cl2N2O3. The molecule has 4 aromatic rings. The summed E-state index contributed by atoms with van der Waals surface area (Å²) in [6.07, 6.45) is 0. The van der Waals surface area contributed by atoms with Crippen LogP contribution in [0.15, 0.2) is 83.3 Å². The van der Waals surface area contributed by atoms with Crippen molar-refractivity contribution in [1.82, 2.24) is 0 Å². The molecule has 0 unspecified atom stereocenters. The average molecular weight is 463 g/mol. The maximum atomic E-state index is 12.6. The minimum Gasteiger partial charge on any atom is -0.482 e. The molecule has 0 atom stereocenters. The summed E-state index contributed by atoms with van der Waals surface area (Å²) in [6, 6.07) is 25.7. The SMILES string of the molecule is N#Cc1c(NC(=O)COc2cc(Cl)ccc2Cl)oc(-c2ccccc2)c1-c1ccccc1. The van der Waals surface area contributed by atoms with Crippen LogP contribution in [0.1, 0.15) is 5.56 Å². The van der Waals surface area contributed by atoms with Gasteiger partial charge in [-0.1, -0.05) is 83.9 Å². The zero-order chi connectivity index (χ0) is 22.5. The monoisotopic (exact) mass is 462 g/mol. The highest BCUT2D eigenvalue weighted by Gasteiger charge is 2.24. The third-order valence-corrected chi connectivity index (χ3v) is 5.17. The van der Waals surface area contributed by atoms with E-state index in [1.165, 1.54) is 6.07 Å². The Bertz CT molecular complexity index is 1300. The number of benzene rings is 3. The van der Waals surface area contributed by atoms with Gasteiger partial charge in [0.25, 0.3) is 5.91 Å². The van der Waals surface area contributed by atoms with Gasteiger partial charge >= 0.3 is 0 Å². The second-order valence-corrected chi connectivity index (χ2v) is 7.61. The normalized spacial score (nSPS) is 10.4. The lowest BCUT2D eigenvalue weighted by Crippen LogP contribution is -2.20. The number of furan rings is 1. The molecule has 3 aromatic carbocycles. The largest absolute Gasteiger partial charge is 0.482 e. The van der Waals surface area contributed by atoms with E-state index in [0.29, 0.717) is 21.4 Å². The van der Waals surface area contributed by atoms with Crippen LogP contribution in [0.5, 0.6) is 5.75 Å². The van der Waals surface area contributed by atoms with Gasteiger partial charge in [0.05, 0.1) is 5.02 Å². The van der Waals surface area contributed by atoms with E-state index in [0.717, 1.165) is 11.1 Å². The number of carbonyl (C=O) groups excluding carboxylic acids is 1. The van der Waals surface area contributed by atoms with Crippen LogP contribution in [0.2, 0.25) is 10.0 Å². The van der Waals surface area contributed by atoms with E-state index in [1.54, 1.807) is 12.1 Å². The van der Waals surface area contributed by atoms with Gasteiger partial charge in [0.15, 0.2) is 6.61 Å². The van der Waals surface area contributed by atoms with Gasteiger partial charge < -0.3 is 9.15 Å². The van der Waals surface area contributed by atoms with E-state index in [4.69, 9.17) is 32.4 Å². The molecule has 158 valence electrons. The van der Waals surface area contributed by atoms with Crippen molar-refractivity contribution in [1.29, 1.82) is 5.26 Å². The molecular weight excluding hydrogens is 447 g/mol. The van der Waals surface area contributed by atoms with Gasteiger partial charge in [-0.15, -0.1) is 0 Å². The number of ether oxygens (including phenoxy) is 1. The molecule has 32 heavy (non-hydrogen) atoms. The fourth-order valence-corrected chi connectivity index (χ4v) is 3.53. The Hall–Kier alpha value is -3.72. The third-order valence-electron chi connectivity index (χ3n) is 4.62. The summed E-state index contributed by atoms with van der Waals surface area (Å²) < 4.78 is 11.5. The van der Waals surface area contributed by atoms with Crippen molar-refractivity contribution in [2.75, 3.05) is 11.9 Å². The standard InChI is InChI=1S/C25H16Cl2N2O3/c26-18-11-12-20(27)21(13-18)31-15-22(30)29-25-19(14-28)23(16-7-3-1-4-8-16)24(32-25)17-9-5-2-6-10-17/h1-13H,15H2,(H,29,30). The highest BCUT2D eigenvalue weighted by atomic mass is 35.5. The summed E-state index contributed by atoms with van der Waals surface area (Å²) in [5.74, 6) is 0.313. The highest BCUT2D eigenvalue weighted by Crippen LogP contribution is 2.41. The Kier molecular flexibility index (Phi) is 6.46. The molecule has 1 aromatic heterocycles. The smallest absolute Gasteiger partial charge is 0.264 e. The van der Waals surface area contributed by atoms with Crippen molar-refractivity contribution in [3.63, 3.8) is 0 Å². The molecule has 1 N–H and O–H groups in total. The number of anilines is 1. The first-order chi connectivity index (χ1) is 15.6. The Balaban J connectivity index is 1.65. The fraction of sp³-hybridized carbons (Fsp3) is 0.0400. The number of rotatable bonds is 6. The summed E-state index contributed by atoms with van der Waals surface area (Å²) >= 11 is 12.0. The van der Waals surface area contributed by atoms with Crippen LogP contribution in [0.4, 0.5) is 5.88 Å². The molecule has 0 saturated heterocycles. The van der Waals surface area contributed by atoms with Crippen molar-refractivity contribution in [3.8, 4) is 34.3 Å². The van der Waals surface area contributed by atoms with Crippen LogP contribution in [-0.4, -0.2) is 12.5 Å². The van der Waals surface area contributed by atoms with Crippen molar-refractivity contribution < 1.29 is 13.9 Å². The van der Waals surface area contributed by atoms with Crippen LogP contribution < -0.4 is 10.1 Å². The lowest BCUT2D eigenvalue weighted by Gasteiger charge is -2.08. The van der Waals surface area contributed by atoms with Crippen molar-refractivity contribution in [2.24, 2.45) is 0 Å². The summed E-state index contributed by atoms with van der Waals surface area (Å²) in [6.45, 7) is -0.340. The second-order valence-electron chi connectivity index (χ2n) is 6.77. The molecule has 0 fully saturated rings. The van der Waals surface area contributed by atoms with E-state index in [2.05, 4.69) is 11.4 Å². The number of nitrogens with one attached hydrogen (secondary N) is 1. The minimum atomic E-state index is -0.509. The predicted octanol–water partition coefficient (Wildman–Crippen LogP) is 6.81. The molecule has 0 bridgehead atoms. The number of carbonyl (C=O) groups is 1. The zero-order valence-electron chi connectivity index (χ0n) is 16.6. The Morgan fingerprint density at radius 2 is 1.62 bits per heavy atom. The fourth-order valence-electron chi connectivity index (χ4n) is 3.19. The van der Waals surface area contributed by atoms with E-state index in [9.17, 15) is 10.1 Å². The summed E-state index contributed by atoms with van der Waals surface area (Å²) in [4.78, 5) is 12.6. The zero-order valence-corrected chi connectivity index (χ0v) is 18.2. The van der Waals surface area contributed by atoms with E-state index in [1.807, 2.05) is 60.7 Å². The molecule has 1 heterocycles. The lowest BCUT2D eigenvalue weighted by atomic mass is 9.98. The van der Waals surface area contributed by atoms with Crippen molar-refractivity contribution >= 4 is 35.0 Å². The van der Waals surface area contributed by atoms with Crippen molar-refractivity contribution in [2.45, 2.75) is 0 Å². The van der Waals surface area contributed by atoms with Gasteiger partial charge in [-0.2, -0.15) is 5.26 Å². The second kappa shape index (κ2) is 9.61. The molecule has 5 nitrogen and oxygen atoms in total. The number of hydrogen-bond donors (Lipinski definition) is 1. The molecule has 0 aliphatic heterocycles. The lowest BCUT2D eigenvalue weighted by molar-refractivity contribution is -0.118. The van der Waals surface area contributed by atoms with Gasteiger partial charge in [-0.3, -0.25) is 10.1 Å². The Morgan fingerprint density at radius 3 is 2.28 bits per heavy atom.